The maximum Gasteiger partial charge on any atom is 0.262 e. The molecule has 0 amide bonds. The summed E-state index contributed by atoms with van der Waals surface area (Å²) >= 11 is 0. The second kappa shape index (κ2) is 7.93. The molecule has 3 aromatic rings. The number of hydrogen-bond donors (Lipinski definition) is 1. The summed E-state index contributed by atoms with van der Waals surface area (Å²) in [6.45, 7) is 2.50. The molecule has 0 bridgehead atoms. The molecule has 3 aromatic carbocycles. The summed E-state index contributed by atoms with van der Waals surface area (Å²) in [7, 11) is -3.69. The number of hydrogen-bond acceptors (Lipinski definition) is 4. The lowest BCUT2D eigenvalue weighted by atomic mass is 10.3. The van der Waals surface area contributed by atoms with Crippen LogP contribution in [0.15, 0.2) is 83.8 Å². The summed E-state index contributed by atoms with van der Waals surface area (Å²) in [6.07, 6.45) is 0. The van der Waals surface area contributed by atoms with E-state index in [4.69, 9.17) is 9.47 Å². The Kier molecular flexibility index (Phi) is 5.43. The van der Waals surface area contributed by atoms with Crippen molar-refractivity contribution in [1.29, 1.82) is 0 Å². The maximum atomic E-state index is 12.5. The Morgan fingerprint density at radius 3 is 2.12 bits per heavy atom. The van der Waals surface area contributed by atoms with Crippen molar-refractivity contribution in [1.82, 2.24) is 0 Å². The molecule has 5 nitrogen and oxygen atoms in total. The number of para-hydroxylation sites is 2. The lowest BCUT2D eigenvalue weighted by Gasteiger charge is -2.13. The molecule has 0 aliphatic heterocycles. The third kappa shape index (κ3) is 4.34. The van der Waals surface area contributed by atoms with Crippen LogP contribution in [0, 0.1) is 0 Å². The second-order valence-corrected chi connectivity index (χ2v) is 7.10. The topological polar surface area (TPSA) is 64.6 Å². The van der Waals surface area contributed by atoms with Gasteiger partial charge in [0.25, 0.3) is 10.0 Å². The van der Waals surface area contributed by atoms with Gasteiger partial charge in [-0.25, -0.2) is 8.42 Å². The first-order valence-electron chi connectivity index (χ1n) is 8.16. The van der Waals surface area contributed by atoms with Gasteiger partial charge >= 0.3 is 0 Å². The maximum absolute atomic E-state index is 12.5. The first-order valence-corrected chi connectivity index (χ1v) is 9.64. The molecule has 0 radical (unpaired) electrons. The zero-order valence-corrected chi connectivity index (χ0v) is 15.1. The summed E-state index contributed by atoms with van der Waals surface area (Å²) in [5, 5.41) is 0. The van der Waals surface area contributed by atoms with Crippen molar-refractivity contribution in [3.8, 4) is 17.2 Å². The summed E-state index contributed by atoms with van der Waals surface area (Å²) in [5.41, 5.74) is 0.366. The molecular formula is C20H19NO4S. The molecule has 0 saturated heterocycles. The zero-order chi connectivity index (χ0) is 18.4. The van der Waals surface area contributed by atoms with Gasteiger partial charge in [-0.2, -0.15) is 0 Å². The van der Waals surface area contributed by atoms with Crippen LogP contribution in [0.25, 0.3) is 0 Å². The van der Waals surface area contributed by atoms with Crippen LogP contribution in [-0.2, 0) is 10.0 Å². The van der Waals surface area contributed by atoms with Gasteiger partial charge in [0, 0.05) is 0 Å². The molecule has 0 saturated carbocycles. The Balaban J connectivity index is 1.82. The zero-order valence-electron chi connectivity index (χ0n) is 14.3. The van der Waals surface area contributed by atoms with Crippen LogP contribution in [0.2, 0.25) is 0 Å². The minimum absolute atomic E-state index is 0.191. The molecule has 0 unspecified atom stereocenters. The summed E-state index contributed by atoms with van der Waals surface area (Å²) in [5.74, 6) is 1.74. The van der Waals surface area contributed by atoms with Gasteiger partial charge in [-0.1, -0.05) is 30.3 Å². The molecule has 0 aromatic heterocycles. The van der Waals surface area contributed by atoms with E-state index in [1.54, 1.807) is 66.7 Å². The highest BCUT2D eigenvalue weighted by atomic mass is 32.2. The average molecular weight is 369 g/mol. The number of ether oxygens (including phenoxy) is 2. The molecule has 3 rings (SSSR count). The number of sulfonamides is 1. The van der Waals surface area contributed by atoms with Crippen molar-refractivity contribution in [3.63, 3.8) is 0 Å². The van der Waals surface area contributed by atoms with Crippen molar-refractivity contribution >= 4 is 15.7 Å². The Hall–Kier alpha value is -2.99. The minimum Gasteiger partial charge on any atom is -0.494 e. The summed E-state index contributed by atoms with van der Waals surface area (Å²) < 4.78 is 38.9. The Morgan fingerprint density at radius 1 is 0.808 bits per heavy atom. The van der Waals surface area contributed by atoms with Crippen molar-refractivity contribution in [2.75, 3.05) is 11.3 Å². The van der Waals surface area contributed by atoms with Crippen LogP contribution >= 0.6 is 0 Å². The fraction of sp³-hybridized carbons (Fsp3) is 0.100. The van der Waals surface area contributed by atoms with Gasteiger partial charge in [-0.05, 0) is 55.5 Å². The highest BCUT2D eigenvalue weighted by molar-refractivity contribution is 7.92. The SMILES string of the molecule is CCOc1ccc(Oc2ccccc2NS(=O)(=O)c2ccccc2)cc1. The molecule has 0 aliphatic carbocycles. The van der Waals surface area contributed by atoms with E-state index in [0.29, 0.717) is 23.8 Å². The molecule has 0 fully saturated rings. The predicted molar refractivity (Wildman–Crippen MR) is 101 cm³/mol. The molecule has 0 atom stereocenters. The molecule has 1 N–H and O–H groups in total. The molecule has 134 valence electrons. The number of anilines is 1. The highest BCUT2D eigenvalue weighted by Crippen LogP contribution is 2.31. The van der Waals surface area contributed by atoms with E-state index in [0.717, 1.165) is 5.75 Å². The van der Waals surface area contributed by atoms with Gasteiger partial charge in [0.05, 0.1) is 17.2 Å². The van der Waals surface area contributed by atoms with Crippen LogP contribution in [-0.4, -0.2) is 15.0 Å². The standard InChI is InChI=1S/C20H19NO4S/c1-2-24-16-12-14-17(15-13-16)25-20-11-7-6-10-19(20)21-26(22,23)18-8-4-3-5-9-18/h3-15,21H,2H2,1H3. The fourth-order valence-corrected chi connectivity index (χ4v) is 3.43. The largest absolute Gasteiger partial charge is 0.494 e. The van der Waals surface area contributed by atoms with Gasteiger partial charge in [0.15, 0.2) is 5.75 Å². The van der Waals surface area contributed by atoms with E-state index < -0.39 is 10.0 Å². The third-order valence-electron chi connectivity index (χ3n) is 3.55. The quantitative estimate of drug-likeness (QED) is 0.657. The van der Waals surface area contributed by atoms with Gasteiger partial charge in [-0.3, -0.25) is 4.72 Å². The lowest BCUT2D eigenvalue weighted by Crippen LogP contribution is -2.13. The number of rotatable bonds is 7. The molecule has 0 aliphatic rings. The molecule has 0 heterocycles. The van der Waals surface area contributed by atoms with E-state index in [-0.39, 0.29) is 4.90 Å². The first-order chi connectivity index (χ1) is 12.6. The van der Waals surface area contributed by atoms with Gasteiger partial charge < -0.3 is 9.47 Å². The minimum atomic E-state index is -3.69. The van der Waals surface area contributed by atoms with E-state index in [2.05, 4.69) is 4.72 Å². The van der Waals surface area contributed by atoms with Crippen LogP contribution in [0.5, 0.6) is 17.2 Å². The van der Waals surface area contributed by atoms with Gasteiger partial charge in [0.1, 0.15) is 11.5 Å². The van der Waals surface area contributed by atoms with Crippen molar-refractivity contribution in [3.05, 3.63) is 78.9 Å². The summed E-state index contributed by atoms with van der Waals surface area (Å²) in [4.78, 5) is 0.191. The van der Waals surface area contributed by atoms with Crippen LogP contribution in [0.4, 0.5) is 5.69 Å². The molecule has 0 spiro atoms. The van der Waals surface area contributed by atoms with E-state index in [1.807, 2.05) is 6.92 Å². The Morgan fingerprint density at radius 2 is 1.42 bits per heavy atom. The smallest absolute Gasteiger partial charge is 0.262 e. The fourth-order valence-electron chi connectivity index (χ4n) is 2.34. The lowest BCUT2D eigenvalue weighted by molar-refractivity contribution is 0.339. The number of benzene rings is 3. The van der Waals surface area contributed by atoms with Crippen LogP contribution in [0.1, 0.15) is 6.92 Å². The monoisotopic (exact) mass is 369 g/mol. The Labute approximate surface area is 153 Å². The predicted octanol–water partition coefficient (Wildman–Crippen LogP) is 4.68. The summed E-state index contributed by atoms with van der Waals surface area (Å²) in [6, 6.07) is 22.2. The van der Waals surface area contributed by atoms with E-state index >= 15 is 0 Å². The molecule has 26 heavy (non-hydrogen) atoms. The van der Waals surface area contributed by atoms with Crippen molar-refractivity contribution in [2.24, 2.45) is 0 Å². The van der Waals surface area contributed by atoms with Gasteiger partial charge in [-0.15, -0.1) is 0 Å². The van der Waals surface area contributed by atoms with Crippen molar-refractivity contribution < 1.29 is 17.9 Å². The van der Waals surface area contributed by atoms with Gasteiger partial charge in [0.2, 0.25) is 0 Å². The number of nitrogens with one attached hydrogen (secondary N) is 1. The van der Waals surface area contributed by atoms with E-state index in [1.165, 1.54) is 12.1 Å². The first kappa shape index (κ1) is 17.8. The third-order valence-corrected chi connectivity index (χ3v) is 4.93. The normalized spacial score (nSPS) is 11.0. The molecule has 6 heteroatoms. The van der Waals surface area contributed by atoms with Crippen molar-refractivity contribution in [2.45, 2.75) is 11.8 Å². The van der Waals surface area contributed by atoms with E-state index in [9.17, 15) is 8.42 Å². The van der Waals surface area contributed by atoms with Crippen LogP contribution in [0.3, 0.4) is 0 Å². The highest BCUT2D eigenvalue weighted by Gasteiger charge is 2.16. The average Bonchev–Trinajstić information content (AvgIpc) is 2.66. The van der Waals surface area contributed by atoms with Crippen LogP contribution < -0.4 is 14.2 Å². The molecular weight excluding hydrogens is 350 g/mol. The second-order valence-electron chi connectivity index (χ2n) is 5.42. The Bertz CT molecular complexity index is 955.